The lowest BCUT2D eigenvalue weighted by Crippen LogP contribution is -2.19. The Labute approximate surface area is 98.7 Å². The zero-order valence-corrected chi connectivity index (χ0v) is 9.65. The second kappa shape index (κ2) is 5.50. The summed E-state index contributed by atoms with van der Waals surface area (Å²) < 4.78 is 0. The van der Waals surface area contributed by atoms with Gasteiger partial charge in [0.1, 0.15) is 11.9 Å². The molecule has 1 rings (SSSR count). The number of aliphatic hydroxyl groups excluding tert-OH is 3. The number of benzene rings is 1. The molecule has 4 N–H and O–H groups in total. The van der Waals surface area contributed by atoms with E-state index in [1.165, 1.54) is 6.07 Å². The lowest BCUT2D eigenvalue weighted by molar-refractivity contribution is 0.00301. The van der Waals surface area contributed by atoms with Gasteiger partial charge < -0.3 is 20.4 Å². The van der Waals surface area contributed by atoms with Crippen molar-refractivity contribution >= 4 is 11.6 Å². The van der Waals surface area contributed by atoms with E-state index in [9.17, 15) is 15.3 Å². The van der Waals surface area contributed by atoms with Crippen LogP contribution in [0.25, 0.3) is 0 Å². The predicted octanol–water partition coefficient (Wildman–Crippen LogP) is 1.13. The third-order valence-electron chi connectivity index (χ3n) is 2.40. The molecule has 0 fully saturated rings. The number of phenols is 1. The molecular formula is C11H15ClO4. The standard InChI is InChI=1S/C11H15ClO4/c1-6-4-7(12)5-8(10(6)15)11(16)9(14)2-3-13/h4-5,9,11,13-16H,2-3H2,1H3. The molecule has 0 saturated carbocycles. The van der Waals surface area contributed by atoms with E-state index in [1.807, 2.05) is 0 Å². The zero-order valence-electron chi connectivity index (χ0n) is 8.89. The van der Waals surface area contributed by atoms with Crippen LogP contribution >= 0.6 is 11.6 Å². The van der Waals surface area contributed by atoms with Crippen molar-refractivity contribution in [2.75, 3.05) is 6.61 Å². The van der Waals surface area contributed by atoms with Gasteiger partial charge in [-0.3, -0.25) is 0 Å². The Kier molecular flexibility index (Phi) is 4.56. The van der Waals surface area contributed by atoms with Gasteiger partial charge in [0.25, 0.3) is 0 Å². The highest BCUT2D eigenvalue weighted by molar-refractivity contribution is 6.30. The highest BCUT2D eigenvalue weighted by Crippen LogP contribution is 2.33. The van der Waals surface area contributed by atoms with Crippen molar-refractivity contribution in [2.45, 2.75) is 25.6 Å². The van der Waals surface area contributed by atoms with Crippen LogP contribution in [0.3, 0.4) is 0 Å². The van der Waals surface area contributed by atoms with Gasteiger partial charge in [-0.25, -0.2) is 0 Å². The first-order valence-electron chi connectivity index (χ1n) is 4.93. The van der Waals surface area contributed by atoms with Crippen molar-refractivity contribution in [3.8, 4) is 5.75 Å². The van der Waals surface area contributed by atoms with Crippen LogP contribution in [-0.2, 0) is 0 Å². The van der Waals surface area contributed by atoms with Crippen molar-refractivity contribution in [2.24, 2.45) is 0 Å². The first-order chi connectivity index (χ1) is 7.47. The van der Waals surface area contributed by atoms with Gasteiger partial charge in [0.2, 0.25) is 0 Å². The molecule has 90 valence electrons. The third kappa shape index (κ3) is 2.86. The zero-order chi connectivity index (χ0) is 12.3. The van der Waals surface area contributed by atoms with Crippen LogP contribution in [0.1, 0.15) is 23.7 Å². The first kappa shape index (κ1) is 13.3. The van der Waals surface area contributed by atoms with E-state index in [4.69, 9.17) is 16.7 Å². The largest absolute Gasteiger partial charge is 0.507 e. The average molecular weight is 247 g/mol. The van der Waals surface area contributed by atoms with Crippen LogP contribution < -0.4 is 0 Å². The Morgan fingerprint density at radius 1 is 1.31 bits per heavy atom. The Balaban J connectivity index is 3.03. The highest BCUT2D eigenvalue weighted by Gasteiger charge is 2.22. The molecule has 0 spiro atoms. The summed E-state index contributed by atoms with van der Waals surface area (Å²) in [5.74, 6) is -0.0890. The van der Waals surface area contributed by atoms with Crippen molar-refractivity contribution in [1.82, 2.24) is 0 Å². The van der Waals surface area contributed by atoms with Crippen molar-refractivity contribution in [1.29, 1.82) is 0 Å². The summed E-state index contributed by atoms with van der Waals surface area (Å²) in [6.07, 6.45) is -2.36. The second-order valence-corrected chi connectivity index (χ2v) is 4.12. The molecule has 0 aliphatic carbocycles. The molecule has 0 aliphatic rings. The number of rotatable bonds is 4. The molecule has 0 aromatic heterocycles. The van der Waals surface area contributed by atoms with Gasteiger partial charge in [-0.05, 0) is 31.0 Å². The van der Waals surface area contributed by atoms with Crippen molar-refractivity contribution < 1.29 is 20.4 Å². The minimum Gasteiger partial charge on any atom is -0.507 e. The molecule has 4 nitrogen and oxygen atoms in total. The Morgan fingerprint density at radius 2 is 1.94 bits per heavy atom. The molecule has 1 aromatic carbocycles. The van der Waals surface area contributed by atoms with Gasteiger partial charge in [0, 0.05) is 17.2 Å². The van der Waals surface area contributed by atoms with Gasteiger partial charge in [0.15, 0.2) is 0 Å². The maximum Gasteiger partial charge on any atom is 0.124 e. The summed E-state index contributed by atoms with van der Waals surface area (Å²) >= 11 is 5.79. The molecule has 0 amide bonds. The van der Waals surface area contributed by atoms with Gasteiger partial charge in [-0.15, -0.1) is 0 Å². The third-order valence-corrected chi connectivity index (χ3v) is 2.62. The fourth-order valence-electron chi connectivity index (χ4n) is 1.48. The minimum absolute atomic E-state index is 0.0339. The molecule has 0 heterocycles. The average Bonchev–Trinajstić information content (AvgIpc) is 2.22. The molecule has 2 atom stereocenters. The molecule has 0 aliphatic heterocycles. The highest BCUT2D eigenvalue weighted by atomic mass is 35.5. The lowest BCUT2D eigenvalue weighted by atomic mass is 9.99. The maximum absolute atomic E-state index is 9.77. The maximum atomic E-state index is 9.77. The van der Waals surface area contributed by atoms with Crippen molar-refractivity contribution in [3.63, 3.8) is 0 Å². The van der Waals surface area contributed by atoms with E-state index in [1.54, 1.807) is 13.0 Å². The van der Waals surface area contributed by atoms with Gasteiger partial charge in [-0.1, -0.05) is 11.6 Å². The van der Waals surface area contributed by atoms with Crippen LogP contribution in [0.5, 0.6) is 5.75 Å². The number of halogens is 1. The predicted molar refractivity (Wildman–Crippen MR) is 60.5 cm³/mol. The van der Waals surface area contributed by atoms with Crippen molar-refractivity contribution in [3.05, 3.63) is 28.3 Å². The van der Waals surface area contributed by atoms with E-state index >= 15 is 0 Å². The number of aliphatic hydroxyl groups is 3. The topological polar surface area (TPSA) is 80.9 Å². The molecule has 0 radical (unpaired) electrons. The van der Waals surface area contributed by atoms with E-state index in [0.29, 0.717) is 10.6 Å². The SMILES string of the molecule is Cc1cc(Cl)cc(C(O)C(O)CCO)c1O. The van der Waals surface area contributed by atoms with Crippen LogP contribution in [0.2, 0.25) is 5.02 Å². The van der Waals surface area contributed by atoms with Crippen LogP contribution in [0.15, 0.2) is 12.1 Å². The minimum atomic E-state index is -1.26. The number of hydrogen-bond donors (Lipinski definition) is 4. The van der Waals surface area contributed by atoms with Gasteiger partial charge in [-0.2, -0.15) is 0 Å². The van der Waals surface area contributed by atoms with E-state index in [2.05, 4.69) is 0 Å². The van der Waals surface area contributed by atoms with E-state index in [-0.39, 0.29) is 24.3 Å². The summed E-state index contributed by atoms with van der Waals surface area (Å²) in [6.45, 7) is 1.41. The quantitative estimate of drug-likeness (QED) is 0.642. The molecule has 0 saturated heterocycles. The Bertz CT molecular complexity index is 367. The van der Waals surface area contributed by atoms with Gasteiger partial charge >= 0.3 is 0 Å². The summed E-state index contributed by atoms with van der Waals surface area (Å²) in [5, 5.41) is 38.0. The smallest absolute Gasteiger partial charge is 0.124 e. The normalized spacial score (nSPS) is 14.8. The number of aryl methyl sites for hydroxylation is 1. The Hall–Kier alpha value is -0.810. The number of hydrogen-bond acceptors (Lipinski definition) is 4. The van der Waals surface area contributed by atoms with E-state index < -0.39 is 12.2 Å². The summed E-state index contributed by atoms with van der Waals surface area (Å²) in [4.78, 5) is 0. The monoisotopic (exact) mass is 246 g/mol. The second-order valence-electron chi connectivity index (χ2n) is 3.68. The van der Waals surface area contributed by atoms with Crippen LogP contribution in [-0.4, -0.2) is 33.1 Å². The molecular weight excluding hydrogens is 232 g/mol. The fourth-order valence-corrected chi connectivity index (χ4v) is 1.77. The molecule has 5 heteroatoms. The van der Waals surface area contributed by atoms with Gasteiger partial charge in [0.05, 0.1) is 6.10 Å². The summed E-state index contributed by atoms with van der Waals surface area (Å²) in [7, 11) is 0. The number of aromatic hydroxyl groups is 1. The van der Waals surface area contributed by atoms with E-state index in [0.717, 1.165) is 0 Å². The number of phenolic OH excluding ortho intramolecular Hbond substituents is 1. The molecule has 16 heavy (non-hydrogen) atoms. The van der Waals surface area contributed by atoms with Crippen LogP contribution in [0, 0.1) is 6.92 Å². The molecule has 1 aromatic rings. The lowest BCUT2D eigenvalue weighted by Gasteiger charge is -2.19. The fraction of sp³-hybridized carbons (Fsp3) is 0.455. The van der Waals surface area contributed by atoms with Crippen LogP contribution in [0.4, 0.5) is 0 Å². The summed E-state index contributed by atoms with van der Waals surface area (Å²) in [5.41, 5.74) is 0.698. The molecule has 2 unspecified atom stereocenters. The first-order valence-corrected chi connectivity index (χ1v) is 5.31. The molecule has 0 bridgehead atoms. The Morgan fingerprint density at radius 3 is 2.50 bits per heavy atom. The summed E-state index contributed by atoms with van der Waals surface area (Å²) in [6, 6.07) is 2.96.